The summed E-state index contributed by atoms with van der Waals surface area (Å²) in [6, 6.07) is 13.4. The highest BCUT2D eigenvalue weighted by Gasteiger charge is 2.35. The summed E-state index contributed by atoms with van der Waals surface area (Å²) in [6.45, 7) is 3.81. The molecule has 0 saturated carbocycles. The number of thiophene rings is 1. The van der Waals surface area contributed by atoms with E-state index in [1.807, 2.05) is 23.1 Å². The summed E-state index contributed by atoms with van der Waals surface area (Å²) in [4.78, 5) is 17.2. The van der Waals surface area contributed by atoms with Crippen molar-refractivity contribution >= 4 is 44.6 Å². The van der Waals surface area contributed by atoms with Gasteiger partial charge in [-0.15, -0.1) is 11.3 Å². The van der Waals surface area contributed by atoms with Crippen LogP contribution in [0.1, 0.15) is 12.8 Å². The third-order valence-electron chi connectivity index (χ3n) is 5.66. The number of halogens is 1. The highest BCUT2D eigenvalue weighted by atomic mass is 35.5. The van der Waals surface area contributed by atoms with Crippen LogP contribution >= 0.6 is 22.9 Å². The number of rotatable bonds is 4. The number of nitrogens with zero attached hydrogens (tertiary/aromatic N) is 3. The number of hydrogen-bond acceptors (Lipinski definition) is 5. The molecule has 6 nitrogen and oxygen atoms in total. The number of hydrogen-bond donors (Lipinski definition) is 0. The van der Waals surface area contributed by atoms with E-state index in [2.05, 4.69) is 17.0 Å². The zero-order valence-electron chi connectivity index (χ0n) is 16.0. The summed E-state index contributed by atoms with van der Waals surface area (Å²) in [5, 5.41) is 0. The Morgan fingerprint density at radius 1 is 0.931 bits per heavy atom. The molecule has 0 N–H and O–H groups in total. The number of carbonyl (C=O) groups excluding carboxylic acids is 1. The van der Waals surface area contributed by atoms with Gasteiger partial charge in [0, 0.05) is 50.9 Å². The lowest BCUT2D eigenvalue weighted by Crippen LogP contribution is -2.52. The zero-order chi connectivity index (χ0) is 20.4. The van der Waals surface area contributed by atoms with E-state index in [0.717, 1.165) is 24.4 Å². The number of amides is 1. The maximum Gasteiger partial charge on any atom is 0.252 e. The molecule has 1 amide bonds. The highest BCUT2D eigenvalue weighted by Crippen LogP contribution is 2.31. The first-order valence-corrected chi connectivity index (χ1v) is 12.4. The predicted molar refractivity (Wildman–Crippen MR) is 116 cm³/mol. The van der Waals surface area contributed by atoms with E-state index in [-0.39, 0.29) is 16.0 Å². The van der Waals surface area contributed by atoms with Crippen LogP contribution in [0.15, 0.2) is 46.7 Å². The molecule has 0 atom stereocenters. The minimum atomic E-state index is -3.52. The van der Waals surface area contributed by atoms with Gasteiger partial charge in [0.1, 0.15) is 4.21 Å². The molecule has 156 valence electrons. The molecule has 1 aromatic heterocycles. The Morgan fingerprint density at radius 3 is 2.17 bits per heavy atom. The number of piperazine rings is 1. The molecule has 2 aromatic rings. The Labute approximate surface area is 180 Å². The molecule has 9 heteroatoms. The van der Waals surface area contributed by atoms with Gasteiger partial charge in [-0.1, -0.05) is 29.8 Å². The average Bonchev–Trinajstić information content (AvgIpc) is 3.21. The maximum absolute atomic E-state index is 13.0. The molecule has 2 aliphatic heterocycles. The first-order chi connectivity index (χ1) is 13.9. The SMILES string of the molecule is O=C(C1CCN(S(=O)(=O)c2ccc(Cl)s2)CC1)N1CCN(c2ccccc2)CC1. The summed E-state index contributed by atoms with van der Waals surface area (Å²) in [5.41, 5.74) is 1.19. The van der Waals surface area contributed by atoms with Crippen LogP contribution in [0.5, 0.6) is 0 Å². The van der Waals surface area contributed by atoms with Crippen LogP contribution < -0.4 is 4.90 Å². The van der Waals surface area contributed by atoms with Gasteiger partial charge in [0.05, 0.1) is 4.34 Å². The lowest BCUT2D eigenvalue weighted by Gasteiger charge is -2.39. The number of sulfonamides is 1. The molecule has 3 heterocycles. The third-order valence-corrected chi connectivity index (χ3v) is 9.26. The standard InChI is InChI=1S/C20H24ClN3O3S2/c21-18-6-7-19(28-18)29(26,27)24-10-8-16(9-11-24)20(25)23-14-12-22(13-15-23)17-4-2-1-3-5-17/h1-7,16H,8-15H2. The van der Waals surface area contributed by atoms with Crippen LogP contribution in [0.3, 0.4) is 0 Å². The maximum atomic E-state index is 13.0. The van der Waals surface area contributed by atoms with E-state index in [1.165, 1.54) is 9.99 Å². The molecule has 2 saturated heterocycles. The van der Waals surface area contributed by atoms with Crippen LogP contribution in [0.2, 0.25) is 4.34 Å². The topological polar surface area (TPSA) is 60.9 Å². The average molecular weight is 454 g/mol. The molecule has 0 aliphatic carbocycles. The van der Waals surface area contributed by atoms with E-state index in [9.17, 15) is 13.2 Å². The quantitative estimate of drug-likeness (QED) is 0.713. The van der Waals surface area contributed by atoms with Crippen molar-refractivity contribution in [1.29, 1.82) is 0 Å². The van der Waals surface area contributed by atoms with Crippen molar-refractivity contribution in [2.45, 2.75) is 17.1 Å². The van der Waals surface area contributed by atoms with Crippen LogP contribution in [0.25, 0.3) is 0 Å². The minimum Gasteiger partial charge on any atom is -0.368 e. The van der Waals surface area contributed by atoms with E-state index >= 15 is 0 Å². The second kappa shape index (κ2) is 8.63. The van der Waals surface area contributed by atoms with Gasteiger partial charge in [-0.2, -0.15) is 4.31 Å². The summed E-state index contributed by atoms with van der Waals surface area (Å²) in [5.74, 6) is 0.0607. The van der Waals surface area contributed by atoms with Crippen molar-refractivity contribution in [3.63, 3.8) is 0 Å². The fraction of sp³-hybridized carbons (Fsp3) is 0.450. The molecular weight excluding hydrogens is 430 g/mol. The number of benzene rings is 1. The zero-order valence-corrected chi connectivity index (χ0v) is 18.4. The molecule has 2 fully saturated rings. The first kappa shape index (κ1) is 20.7. The van der Waals surface area contributed by atoms with Crippen molar-refractivity contribution < 1.29 is 13.2 Å². The van der Waals surface area contributed by atoms with Gasteiger partial charge in [-0.3, -0.25) is 4.79 Å². The van der Waals surface area contributed by atoms with Crippen LogP contribution in [-0.4, -0.2) is 62.8 Å². The minimum absolute atomic E-state index is 0.100. The third kappa shape index (κ3) is 4.45. The lowest BCUT2D eigenvalue weighted by atomic mass is 9.96. The largest absolute Gasteiger partial charge is 0.368 e. The summed E-state index contributed by atoms with van der Waals surface area (Å²) < 4.78 is 27.7. The van der Waals surface area contributed by atoms with Crippen molar-refractivity contribution in [2.75, 3.05) is 44.2 Å². The van der Waals surface area contributed by atoms with E-state index < -0.39 is 10.0 Å². The second-order valence-electron chi connectivity index (χ2n) is 7.38. The summed E-state index contributed by atoms with van der Waals surface area (Å²) in [7, 11) is -3.52. The lowest BCUT2D eigenvalue weighted by molar-refractivity contribution is -0.137. The van der Waals surface area contributed by atoms with E-state index in [4.69, 9.17) is 11.6 Å². The molecular formula is C20H24ClN3O3S2. The fourth-order valence-electron chi connectivity index (χ4n) is 3.99. The van der Waals surface area contributed by atoms with E-state index in [0.29, 0.717) is 43.4 Å². The van der Waals surface area contributed by atoms with Crippen molar-refractivity contribution in [3.8, 4) is 0 Å². The fourth-order valence-corrected chi connectivity index (χ4v) is 7.10. The molecule has 0 bridgehead atoms. The van der Waals surface area contributed by atoms with Crippen LogP contribution in [0.4, 0.5) is 5.69 Å². The van der Waals surface area contributed by atoms with Crippen molar-refractivity contribution in [1.82, 2.24) is 9.21 Å². The van der Waals surface area contributed by atoms with Gasteiger partial charge in [0.25, 0.3) is 10.0 Å². The van der Waals surface area contributed by atoms with Gasteiger partial charge < -0.3 is 9.80 Å². The normalized spacial score (nSPS) is 19.5. The van der Waals surface area contributed by atoms with Gasteiger partial charge in [-0.25, -0.2) is 8.42 Å². The number of anilines is 1. The number of carbonyl (C=O) groups is 1. The summed E-state index contributed by atoms with van der Waals surface area (Å²) in [6.07, 6.45) is 1.13. The Kier molecular flexibility index (Phi) is 6.15. The molecule has 2 aliphatic rings. The monoisotopic (exact) mass is 453 g/mol. The molecule has 0 spiro atoms. The van der Waals surface area contributed by atoms with Crippen molar-refractivity contribution in [3.05, 3.63) is 46.8 Å². The van der Waals surface area contributed by atoms with Gasteiger partial charge in [0.15, 0.2) is 0 Å². The molecule has 4 rings (SSSR count). The Balaban J connectivity index is 1.31. The summed E-state index contributed by atoms with van der Waals surface area (Å²) >= 11 is 6.96. The predicted octanol–water partition coefficient (Wildman–Crippen LogP) is 3.15. The van der Waals surface area contributed by atoms with Crippen molar-refractivity contribution in [2.24, 2.45) is 5.92 Å². The second-order valence-corrected chi connectivity index (χ2v) is 11.3. The molecule has 0 unspecified atom stereocenters. The van der Waals surface area contributed by atoms with Gasteiger partial charge in [-0.05, 0) is 37.1 Å². The van der Waals surface area contributed by atoms with Crippen LogP contribution in [-0.2, 0) is 14.8 Å². The number of piperidine rings is 1. The molecule has 29 heavy (non-hydrogen) atoms. The van der Waals surface area contributed by atoms with Gasteiger partial charge >= 0.3 is 0 Å². The Hall–Kier alpha value is -1.61. The van der Waals surface area contributed by atoms with Gasteiger partial charge in [0.2, 0.25) is 5.91 Å². The first-order valence-electron chi connectivity index (χ1n) is 9.79. The Morgan fingerprint density at radius 2 is 1.59 bits per heavy atom. The molecule has 1 aromatic carbocycles. The Bertz CT molecular complexity index is 948. The number of para-hydroxylation sites is 1. The van der Waals surface area contributed by atoms with Crippen LogP contribution in [0, 0.1) is 5.92 Å². The smallest absolute Gasteiger partial charge is 0.252 e. The highest BCUT2D eigenvalue weighted by molar-refractivity contribution is 7.91. The van der Waals surface area contributed by atoms with E-state index in [1.54, 1.807) is 12.1 Å². The molecule has 0 radical (unpaired) electrons.